The molecule has 96 valence electrons. The van der Waals surface area contributed by atoms with Crippen molar-refractivity contribution in [3.05, 3.63) is 12.0 Å². The maximum atomic E-state index is 5.56. The standard InChI is InChI=1S/C13H23N3O/c1-4-13(5-2)6-7-16(10-13)12-15-11(8-14-3)9-17-12/h9,14H,4-8,10H2,1-3H3. The molecule has 1 saturated heterocycles. The highest BCUT2D eigenvalue weighted by atomic mass is 16.4. The van der Waals surface area contributed by atoms with Crippen molar-refractivity contribution in [1.29, 1.82) is 0 Å². The maximum absolute atomic E-state index is 5.56. The van der Waals surface area contributed by atoms with Crippen molar-refractivity contribution in [2.24, 2.45) is 5.41 Å². The lowest BCUT2D eigenvalue weighted by Gasteiger charge is -2.25. The van der Waals surface area contributed by atoms with Gasteiger partial charge >= 0.3 is 0 Å². The van der Waals surface area contributed by atoms with Crippen LogP contribution in [0.3, 0.4) is 0 Å². The summed E-state index contributed by atoms with van der Waals surface area (Å²) in [5.41, 5.74) is 1.45. The number of nitrogens with zero attached hydrogens (tertiary/aromatic N) is 2. The van der Waals surface area contributed by atoms with E-state index in [2.05, 4.69) is 29.0 Å². The molecule has 0 aliphatic carbocycles. The first-order valence-electron chi connectivity index (χ1n) is 6.57. The Labute approximate surface area is 103 Å². The summed E-state index contributed by atoms with van der Waals surface area (Å²) in [6.45, 7) is 7.49. The molecule has 0 radical (unpaired) electrons. The summed E-state index contributed by atoms with van der Waals surface area (Å²) in [6, 6.07) is 0.791. The van der Waals surface area contributed by atoms with Crippen LogP contribution in [-0.4, -0.2) is 25.1 Å². The molecule has 4 nitrogen and oxygen atoms in total. The third kappa shape index (κ3) is 2.46. The van der Waals surface area contributed by atoms with Gasteiger partial charge in [0.25, 0.3) is 6.01 Å². The monoisotopic (exact) mass is 237 g/mol. The Morgan fingerprint density at radius 2 is 2.24 bits per heavy atom. The van der Waals surface area contributed by atoms with Gasteiger partial charge in [-0.1, -0.05) is 13.8 Å². The summed E-state index contributed by atoms with van der Waals surface area (Å²) in [6.07, 6.45) is 5.49. The Kier molecular flexibility index (Phi) is 3.72. The maximum Gasteiger partial charge on any atom is 0.297 e. The fourth-order valence-electron chi connectivity index (χ4n) is 2.63. The molecule has 0 spiro atoms. The Morgan fingerprint density at radius 1 is 1.47 bits per heavy atom. The number of rotatable bonds is 5. The molecule has 0 unspecified atom stereocenters. The van der Waals surface area contributed by atoms with E-state index in [0.29, 0.717) is 5.41 Å². The zero-order valence-corrected chi connectivity index (χ0v) is 11.1. The molecule has 2 heterocycles. The van der Waals surface area contributed by atoms with Crippen LogP contribution in [0.25, 0.3) is 0 Å². The van der Waals surface area contributed by atoms with Crippen molar-refractivity contribution in [3.63, 3.8) is 0 Å². The second-order valence-corrected chi connectivity index (χ2v) is 5.03. The summed E-state index contributed by atoms with van der Waals surface area (Å²) >= 11 is 0. The van der Waals surface area contributed by atoms with E-state index in [9.17, 15) is 0 Å². The van der Waals surface area contributed by atoms with Crippen molar-refractivity contribution in [2.75, 3.05) is 25.0 Å². The Balaban J connectivity index is 2.04. The van der Waals surface area contributed by atoms with Crippen molar-refractivity contribution >= 4 is 6.01 Å². The second kappa shape index (κ2) is 5.08. The minimum Gasteiger partial charge on any atom is -0.432 e. The van der Waals surface area contributed by atoms with Gasteiger partial charge in [-0.15, -0.1) is 0 Å². The van der Waals surface area contributed by atoms with Crippen LogP contribution in [-0.2, 0) is 6.54 Å². The van der Waals surface area contributed by atoms with E-state index in [0.717, 1.165) is 31.3 Å². The lowest BCUT2D eigenvalue weighted by Crippen LogP contribution is -2.26. The summed E-state index contributed by atoms with van der Waals surface area (Å²) < 4.78 is 5.56. The largest absolute Gasteiger partial charge is 0.432 e. The molecule has 2 rings (SSSR count). The summed E-state index contributed by atoms with van der Waals surface area (Å²) in [7, 11) is 1.92. The van der Waals surface area contributed by atoms with E-state index in [1.807, 2.05) is 7.05 Å². The van der Waals surface area contributed by atoms with Crippen LogP contribution in [0.5, 0.6) is 0 Å². The van der Waals surface area contributed by atoms with Crippen molar-refractivity contribution in [1.82, 2.24) is 10.3 Å². The zero-order valence-electron chi connectivity index (χ0n) is 11.1. The minimum atomic E-state index is 0.470. The normalized spacial score (nSPS) is 18.9. The molecule has 0 bridgehead atoms. The predicted octanol–water partition coefficient (Wildman–Crippen LogP) is 2.41. The number of hydrogen-bond acceptors (Lipinski definition) is 4. The molecule has 17 heavy (non-hydrogen) atoms. The van der Waals surface area contributed by atoms with Crippen LogP contribution in [0, 0.1) is 5.41 Å². The molecule has 1 aliphatic heterocycles. The molecule has 1 fully saturated rings. The number of anilines is 1. The van der Waals surface area contributed by atoms with Gasteiger partial charge < -0.3 is 14.6 Å². The first kappa shape index (κ1) is 12.4. The van der Waals surface area contributed by atoms with Gasteiger partial charge in [-0.05, 0) is 31.7 Å². The van der Waals surface area contributed by atoms with Gasteiger partial charge in [0.1, 0.15) is 6.26 Å². The second-order valence-electron chi connectivity index (χ2n) is 5.03. The molecule has 1 aromatic heterocycles. The molecule has 1 aromatic rings. The lowest BCUT2D eigenvalue weighted by atomic mass is 9.82. The van der Waals surface area contributed by atoms with Crippen molar-refractivity contribution in [2.45, 2.75) is 39.7 Å². The summed E-state index contributed by atoms with van der Waals surface area (Å²) in [5.74, 6) is 0. The molecule has 0 saturated carbocycles. The topological polar surface area (TPSA) is 41.3 Å². The highest BCUT2D eigenvalue weighted by Gasteiger charge is 2.36. The van der Waals surface area contributed by atoms with Gasteiger partial charge in [0.2, 0.25) is 0 Å². The Bertz CT molecular complexity index is 357. The van der Waals surface area contributed by atoms with Crippen molar-refractivity contribution < 1.29 is 4.42 Å². The zero-order chi connectivity index (χ0) is 12.3. The molecule has 4 heteroatoms. The Hall–Kier alpha value is -1.03. The van der Waals surface area contributed by atoms with Crippen LogP contribution >= 0.6 is 0 Å². The fourth-order valence-corrected chi connectivity index (χ4v) is 2.63. The predicted molar refractivity (Wildman–Crippen MR) is 69.1 cm³/mol. The number of oxazole rings is 1. The Morgan fingerprint density at radius 3 is 2.82 bits per heavy atom. The van der Waals surface area contributed by atoms with Crippen LogP contribution < -0.4 is 10.2 Å². The van der Waals surface area contributed by atoms with Crippen LogP contribution in [0.1, 0.15) is 38.8 Å². The molecule has 1 aliphatic rings. The minimum absolute atomic E-state index is 0.470. The molecular weight excluding hydrogens is 214 g/mol. The number of hydrogen-bond donors (Lipinski definition) is 1. The highest BCUT2D eigenvalue weighted by molar-refractivity contribution is 5.30. The molecule has 0 aromatic carbocycles. The smallest absolute Gasteiger partial charge is 0.297 e. The molecular formula is C13H23N3O. The van der Waals surface area contributed by atoms with E-state index in [1.54, 1.807) is 6.26 Å². The van der Waals surface area contributed by atoms with Gasteiger partial charge in [0, 0.05) is 19.6 Å². The van der Waals surface area contributed by atoms with Gasteiger partial charge in [-0.2, -0.15) is 4.98 Å². The average molecular weight is 237 g/mol. The third-order valence-electron chi connectivity index (χ3n) is 4.11. The summed E-state index contributed by atoms with van der Waals surface area (Å²) in [5, 5.41) is 3.09. The summed E-state index contributed by atoms with van der Waals surface area (Å²) in [4.78, 5) is 6.80. The first-order chi connectivity index (χ1) is 8.23. The van der Waals surface area contributed by atoms with Gasteiger partial charge in [-0.25, -0.2) is 0 Å². The van der Waals surface area contributed by atoms with Crippen molar-refractivity contribution in [3.8, 4) is 0 Å². The van der Waals surface area contributed by atoms with Crippen LogP contribution in [0.4, 0.5) is 6.01 Å². The van der Waals surface area contributed by atoms with Gasteiger partial charge in [0.15, 0.2) is 0 Å². The third-order valence-corrected chi connectivity index (χ3v) is 4.11. The molecule has 0 atom stereocenters. The van der Waals surface area contributed by atoms with E-state index >= 15 is 0 Å². The van der Waals surface area contributed by atoms with E-state index in [4.69, 9.17) is 4.42 Å². The first-order valence-corrected chi connectivity index (χ1v) is 6.57. The highest BCUT2D eigenvalue weighted by Crippen LogP contribution is 2.38. The van der Waals surface area contributed by atoms with E-state index < -0.39 is 0 Å². The van der Waals surface area contributed by atoms with Gasteiger partial charge in [0.05, 0.1) is 5.69 Å². The van der Waals surface area contributed by atoms with Gasteiger partial charge in [-0.3, -0.25) is 0 Å². The van der Waals surface area contributed by atoms with Crippen LogP contribution in [0.15, 0.2) is 10.7 Å². The average Bonchev–Trinajstić information content (AvgIpc) is 2.96. The molecule has 0 amide bonds. The SMILES string of the molecule is CCC1(CC)CCN(c2nc(CNC)co2)C1. The van der Waals surface area contributed by atoms with Crippen LogP contribution in [0.2, 0.25) is 0 Å². The molecule has 1 N–H and O–H groups in total. The quantitative estimate of drug-likeness (QED) is 0.854. The fraction of sp³-hybridized carbons (Fsp3) is 0.769. The lowest BCUT2D eigenvalue weighted by molar-refractivity contribution is 0.300. The number of nitrogens with one attached hydrogen (secondary N) is 1. The van der Waals surface area contributed by atoms with E-state index in [-0.39, 0.29) is 0 Å². The van der Waals surface area contributed by atoms with E-state index in [1.165, 1.54) is 19.3 Å². The number of aromatic nitrogens is 1.